The zero-order valence-corrected chi connectivity index (χ0v) is 17.1. The summed E-state index contributed by atoms with van der Waals surface area (Å²) in [5, 5.41) is 5.89. The quantitative estimate of drug-likeness (QED) is 0.365. The molecule has 4 rings (SSSR count). The van der Waals surface area contributed by atoms with Crippen LogP contribution in [0, 0.1) is 0 Å². The van der Waals surface area contributed by atoms with E-state index in [1.165, 1.54) is 71.6 Å². The van der Waals surface area contributed by atoms with Crippen LogP contribution in [0.15, 0.2) is 48.5 Å². The van der Waals surface area contributed by atoms with Gasteiger partial charge in [-0.05, 0) is 57.0 Å². The van der Waals surface area contributed by atoms with Gasteiger partial charge in [-0.1, -0.05) is 74.2 Å². The molecular formula is C24H28S2. The van der Waals surface area contributed by atoms with Crippen LogP contribution in [0.1, 0.15) is 49.7 Å². The van der Waals surface area contributed by atoms with Crippen LogP contribution in [0.3, 0.4) is 0 Å². The number of thioether (sulfide) groups is 2. The minimum absolute atomic E-state index is 1.13. The Morgan fingerprint density at radius 3 is 1.19 bits per heavy atom. The third kappa shape index (κ3) is 4.07. The number of hydrogen-bond acceptors (Lipinski definition) is 2. The van der Waals surface area contributed by atoms with Crippen molar-refractivity contribution in [2.75, 3.05) is 11.5 Å². The monoisotopic (exact) mass is 380 g/mol. The van der Waals surface area contributed by atoms with Crippen molar-refractivity contribution in [2.24, 2.45) is 0 Å². The maximum Gasteiger partial charge on any atom is 0.0196 e. The molecule has 3 aromatic rings. The maximum absolute atomic E-state index is 2.34. The number of rotatable bonds is 0. The molecule has 0 amide bonds. The molecular weight excluding hydrogens is 352 g/mol. The van der Waals surface area contributed by atoms with E-state index < -0.39 is 0 Å². The van der Waals surface area contributed by atoms with Crippen molar-refractivity contribution >= 4 is 45.1 Å². The van der Waals surface area contributed by atoms with Gasteiger partial charge in [0.15, 0.2) is 0 Å². The van der Waals surface area contributed by atoms with Crippen LogP contribution in [-0.4, -0.2) is 11.5 Å². The van der Waals surface area contributed by atoms with Crippen LogP contribution >= 0.6 is 23.5 Å². The van der Waals surface area contributed by atoms with Crippen molar-refractivity contribution in [1.82, 2.24) is 0 Å². The summed E-state index contributed by atoms with van der Waals surface area (Å²) in [6.45, 7) is 0. The first-order valence-corrected chi connectivity index (χ1v) is 12.3. The average molecular weight is 381 g/mol. The van der Waals surface area contributed by atoms with Gasteiger partial charge in [-0.3, -0.25) is 0 Å². The molecule has 136 valence electrons. The fraction of sp³-hybridized carbons (Fsp3) is 0.417. The first kappa shape index (κ1) is 18.3. The van der Waals surface area contributed by atoms with E-state index in [-0.39, 0.29) is 0 Å². The van der Waals surface area contributed by atoms with Crippen molar-refractivity contribution in [1.29, 1.82) is 0 Å². The molecule has 0 spiro atoms. The lowest BCUT2D eigenvalue weighted by molar-refractivity contribution is 0.629. The lowest BCUT2D eigenvalue weighted by atomic mass is 9.93. The molecule has 26 heavy (non-hydrogen) atoms. The minimum atomic E-state index is 1.13. The SMILES string of the molecule is c1ccc2c3c4ccccc4c(c2c1)CSCCCCCCCCSC3. The van der Waals surface area contributed by atoms with Crippen molar-refractivity contribution in [3.8, 4) is 0 Å². The van der Waals surface area contributed by atoms with Crippen molar-refractivity contribution in [3.05, 3.63) is 59.7 Å². The van der Waals surface area contributed by atoms with E-state index in [4.69, 9.17) is 0 Å². The molecule has 1 heterocycles. The molecule has 0 atom stereocenters. The van der Waals surface area contributed by atoms with Gasteiger partial charge in [0.2, 0.25) is 0 Å². The number of fused-ring (bicyclic) bond motifs is 3. The van der Waals surface area contributed by atoms with Crippen molar-refractivity contribution in [2.45, 2.75) is 50.0 Å². The van der Waals surface area contributed by atoms with E-state index in [0.717, 1.165) is 11.5 Å². The first-order valence-electron chi connectivity index (χ1n) is 10.0. The summed E-state index contributed by atoms with van der Waals surface area (Å²) in [7, 11) is 0. The van der Waals surface area contributed by atoms with Crippen LogP contribution in [0.2, 0.25) is 0 Å². The molecule has 0 aliphatic carbocycles. The zero-order chi connectivity index (χ0) is 17.6. The predicted molar refractivity (Wildman–Crippen MR) is 121 cm³/mol. The smallest absolute Gasteiger partial charge is 0.0196 e. The molecule has 2 heteroatoms. The highest BCUT2D eigenvalue weighted by molar-refractivity contribution is 7.98. The zero-order valence-electron chi connectivity index (χ0n) is 15.5. The average Bonchev–Trinajstić information content (AvgIpc) is 2.68. The largest absolute Gasteiger partial charge is 0.157 e. The van der Waals surface area contributed by atoms with Crippen molar-refractivity contribution in [3.63, 3.8) is 0 Å². The summed E-state index contributed by atoms with van der Waals surface area (Å²) >= 11 is 4.24. The van der Waals surface area contributed by atoms with Gasteiger partial charge < -0.3 is 0 Å². The Bertz CT molecular complexity index is 740. The van der Waals surface area contributed by atoms with E-state index in [1.54, 1.807) is 11.1 Å². The van der Waals surface area contributed by atoms with Crippen LogP contribution < -0.4 is 0 Å². The summed E-state index contributed by atoms with van der Waals surface area (Å²) < 4.78 is 0. The lowest BCUT2D eigenvalue weighted by Gasteiger charge is -2.17. The van der Waals surface area contributed by atoms with Crippen LogP contribution in [0.5, 0.6) is 0 Å². The highest BCUT2D eigenvalue weighted by Gasteiger charge is 2.13. The van der Waals surface area contributed by atoms with Gasteiger partial charge in [-0.15, -0.1) is 0 Å². The van der Waals surface area contributed by atoms with Crippen molar-refractivity contribution < 1.29 is 0 Å². The molecule has 0 radical (unpaired) electrons. The van der Waals surface area contributed by atoms with Gasteiger partial charge >= 0.3 is 0 Å². The number of benzene rings is 3. The van der Waals surface area contributed by atoms with Gasteiger partial charge in [0, 0.05) is 11.5 Å². The molecule has 0 unspecified atom stereocenters. The summed E-state index contributed by atoms with van der Waals surface area (Å²) in [5.74, 6) is 4.85. The topological polar surface area (TPSA) is 0 Å². The molecule has 0 N–H and O–H groups in total. The van der Waals surface area contributed by atoms with E-state index in [1.807, 2.05) is 0 Å². The lowest BCUT2D eigenvalue weighted by Crippen LogP contribution is -1.96. The standard InChI is InChI=1S/C24H28S2/c1-2-4-10-16-26-18-24-21-13-7-5-11-19(21)23(17-25-15-9-3-1)20-12-6-8-14-22(20)24/h5-8,11-14H,1-4,9-10,15-18H2. The Hall–Kier alpha value is -1.12. The fourth-order valence-corrected chi connectivity index (χ4v) is 6.22. The summed E-state index contributed by atoms with van der Waals surface area (Å²) in [5.41, 5.74) is 3.09. The fourth-order valence-electron chi connectivity index (χ4n) is 4.08. The third-order valence-electron chi connectivity index (χ3n) is 5.47. The van der Waals surface area contributed by atoms with E-state index in [9.17, 15) is 0 Å². The molecule has 3 aromatic carbocycles. The summed E-state index contributed by atoms with van der Waals surface area (Å²) in [6.07, 6.45) is 8.39. The highest BCUT2D eigenvalue weighted by Crippen LogP contribution is 2.37. The Morgan fingerprint density at radius 1 is 0.462 bits per heavy atom. The van der Waals surface area contributed by atoms with Crippen LogP contribution in [0.25, 0.3) is 21.5 Å². The second kappa shape index (κ2) is 9.19. The molecule has 1 aliphatic rings. The van der Waals surface area contributed by atoms with E-state index >= 15 is 0 Å². The second-order valence-electron chi connectivity index (χ2n) is 7.27. The highest BCUT2D eigenvalue weighted by atomic mass is 32.2. The number of hydrogen-bond donors (Lipinski definition) is 0. The maximum atomic E-state index is 2.34. The van der Waals surface area contributed by atoms with Gasteiger partial charge in [0.1, 0.15) is 0 Å². The third-order valence-corrected chi connectivity index (χ3v) is 7.62. The molecule has 1 aliphatic heterocycles. The predicted octanol–water partition coefficient (Wildman–Crippen LogP) is 7.81. The Balaban J connectivity index is 1.80. The van der Waals surface area contributed by atoms with E-state index in [0.29, 0.717) is 0 Å². The van der Waals surface area contributed by atoms with Gasteiger partial charge in [-0.25, -0.2) is 0 Å². The van der Waals surface area contributed by atoms with Crippen LogP contribution in [0.4, 0.5) is 0 Å². The Morgan fingerprint density at radius 2 is 0.808 bits per heavy atom. The Kier molecular flexibility index (Phi) is 6.45. The molecule has 0 saturated heterocycles. The van der Waals surface area contributed by atoms with Crippen LogP contribution in [-0.2, 0) is 11.5 Å². The second-order valence-corrected chi connectivity index (χ2v) is 9.49. The van der Waals surface area contributed by atoms with E-state index in [2.05, 4.69) is 72.1 Å². The molecule has 0 fully saturated rings. The molecule has 0 aromatic heterocycles. The van der Waals surface area contributed by atoms with Gasteiger partial charge in [0.25, 0.3) is 0 Å². The minimum Gasteiger partial charge on any atom is -0.157 e. The molecule has 2 bridgehead atoms. The van der Waals surface area contributed by atoms with Gasteiger partial charge in [0.05, 0.1) is 0 Å². The summed E-state index contributed by atoms with van der Waals surface area (Å²) in [6, 6.07) is 18.2. The Labute approximate surface area is 166 Å². The summed E-state index contributed by atoms with van der Waals surface area (Å²) in [4.78, 5) is 0. The van der Waals surface area contributed by atoms with Gasteiger partial charge in [-0.2, -0.15) is 23.5 Å². The first-order chi connectivity index (χ1) is 12.9. The normalized spacial score (nSPS) is 17.7. The molecule has 0 saturated carbocycles. The molecule has 0 nitrogen and oxygen atoms in total.